The minimum Gasteiger partial charge on any atom is -0.396 e. The molecule has 0 bridgehead atoms. The molecule has 1 aromatic carbocycles. The number of amides is 1. The highest BCUT2D eigenvalue weighted by Crippen LogP contribution is 2.18. The minimum atomic E-state index is -0.416. The number of nitrogens with one attached hydrogen (secondary N) is 2. The molecule has 0 aliphatic carbocycles. The molecule has 0 fully saturated rings. The van der Waals surface area contributed by atoms with E-state index in [2.05, 4.69) is 30.5 Å². The third-order valence-corrected chi connectivity index (χ3v) is 3.64. The van der Waals surface area contributed by atoms with Crippen LogP contribution in [0.5, 0.6) is 0 Å². The van der Waals surface area contributed by atoms with Crippen LogP contribution in [0.2, 0.25) is 0 Å². The van der Waals surface area contributed by atoms with E-state index in [1.165, 1.54) is 5.56 Å². The summed E-state index contributed by atoms with van der Waals surface area (Å²) < 4.78 is 5.15. The van der Waals surface area contributed by atoms with E-state index in [4.69, 9.17) is 9.84 Å². The molecule has 0 aliphatic rings. The van der Waals surface area contributed by atoms with Crippen LogP contribution in [0.15, 0.2) is 24.3 Å². The molecule has 0 heterocycles. The van der Waals surface area contributed by atoms with Gasteiger partial charge in [-0.3, -0.25) is 4.79 Å². The average molecular weight is 308 g/mol. The van der Waals surface area contributed by atoms with Gasteiger partial charge in [0, 0.05) is 24.9 Å². The quantitative estimate of drug-likeness (QED) is 0.653. The Morgan fingerprint density at radius 3 is 2.73 bits per heavy atom. The minimum absolute atomic E-state index is 0.0465. The second kappa shape index (κ2) is 8.88. The van der Waals surface area contributed by atoms with Crippen molar-refractivity contribution < 1.29 is 14.6 Å². The number of aliphatic hydroxyl groups is 1. The number of carbonyl (C=O) groups excluding carboxylic acids is 1. The van der Waals surface area contributed by atoms with Crippen molar-refractivity contribution >= 4 is 11.6 Å². The van der Waals surface area contributed by atoms with Gasteiger partial charge in [0.2, 0.25) is 5.91 Å². The van der Waals surface area contributed by atoms with Crippen molar-refractivity contribution in [3.8, 4) is 0 Å². The smallest absolute Gasteiger partial charge is 0.238 e. The SMILES string of the molecule is COCC(C)(CCO)NCC(=O)Nc1cccc(C(C)C)c1. The van der Waals surface area contributed by atoms with Crippen LogP contribution in [0.25, 0.3) is 0 Å². The number of hydrogen-bond donors (Lipinski definition) is 3. The Labute approximate surface area is 133 Å². The zero-order chi connectivity index (χ0) is 16.6. The molecule has 22 heavy (non-hydrogen) atoms. The van der Waals surface area contributed by atoms with Gasteiger partial charge in [0.1, 0.15) is 0 Å². The first-order valence-electron chi connectivity index (χ1n) is 7.65. The Kier molecular flexibility index (Phi) is 7.51. The largest absolute Gasteiger partial charge is 0.396 e. The van der Waals surface area contributed by atoms with E-state index in [0.717, 1.165) is 5.69 Å². The van der Waals surface area contributed by atoms with Crippen LogP contribution in [0, 0.1) is 0 Å². The van der Waals surface area contributed by atoms with Crippen LogP contribution in [0.1, 0.15) is 38.7 Å². The van der Waals surface area contributed by atoms with E-state index in [0.29, 0.717) is 18.9 Å². The number of hydrogen-bond acceptors (Lipinski definition) is 4. The van der Waals surface area contributed by atoms with Crippen molar-refractivity contribution in [3.63, 3.8) is 0 Å². The molecular weight excluding hydrogens is 280 g/mol. The molecule has 1 unspecified atom stereocenters. The van der Waals surface area contributed by atoms with Crippen molar-refractivity contribution in [2.75, 3.05) is 32.2 Å². The topological polar surface area (TPSA) is 70.6 Å². The molecule has 0 saturated carbocycles. The number of carbonyl (C=O) groups is 1. The molecule has 124 valence electrons. The van der Waals surface area contributed by atoms with Gasteiger partial charge in [0.25, 0.3) is 0 Å². The fraction of sp³-hybridized carbons (Fsp3) is 0.588. The molecule has 1 aromatic rings. The Morgan fingerprint density at radius 2 is 2.14 bits per heavy atom. The summed E-state index contributed by atoms with van der Waals surface area (Å²) in [6.45, 7) is 6.82. The first-order valence-corrected chi connectivity index (χ1v) is 7.65. The van der Waals surface area contributed by atoms with Gasteiger partial charge in [-0.25, -0.2) is 0 Å². The van der Waals surface area contributed by atoms with E-state index in [1.807, 2.05) is 25.1 Å². The molecule has 0 saturated heterocycles. The normalized spacial score (nSPS) is 13.9. The van der Waals surface area contributed by atoms with Crippen LogP contribution >= 0.6 is 0 Å². The van der Waals surface area contributed by atoms with E-state index >= 15 is 0 Å². The third kappa shape index (κ3) is 6.13. The predicted molar refractivity (Wildman–Crippen MR) is 89.1 cm³/mol. The second-order valence-electron chi connectivity index (χ2n) is 6.15. The highest BCUT2D eigenvalue weighted by molar-refractivity contribution is 5.92. The fourth-order valence-corrected chi connectivity index (χ4v) is 2.25. The lowest BCUT2D eigenvalue weighted by molar-refractivity contribution is -0.115. The van der Waals surface area contributed by atoms with Crippen LogP contribution in [-0.2, 0) is 9.53 Å². The summed E-state index contributed by atoms with van der Waals surface area (Å²) in [5.41, 5.74) is 1.57. The first-order chi connectivity index (χ1) is 10.4. The predicted octanol–water partition coefficient (Wildman–Crippen LogP) is 2.13. The van der Waals surface area contributed by atoms with Crippen LogP contribution in [-0.4, -0.2) is 43.4 Å². The number of anilines is 1. The summed E-state index contributed by atoms with van der Waals surface area (Å²) in [6, 6.07) is 7.87. The van der Waals surface area contributed by atoms with E-state index in [1.54, 1.807) is 7.11 Å². The van der Waals surface area contributed by atoms with Crippen molar-refractivity contribution in [2.45, 2.75) is 38.6 Å². The zero-order valence-corrected chi connectivity index (χ0v) is 14.0. The maximum absolute atomic E-state index is 12.1. The van der Waals surface area contributed by atoms with Crippen LogP contribution in [0.4, 0.5) is 5.69 Å². The number of aliphatic hydroxyl groups excluding tert-OH is 1. The van der Waals surface area contributed by atoms with Gasteiger partial charge in [-0.05, 0) is 37.0 Å². The van der Waals surface area contributed by atoms with Gasteiger partial charge in [0.15, 0.2) is 0 Å². The average Bonchev–Trinajstić information content (AvgIpc) is 2.46. The van der Waals surface area contributed by atoms with Crippen molar-refractivity contribution in [3.05, 3.63) is 29.8 Å². The van der Waals surface area contributed by atoms with E-state index in [9.17, 15) is 4.79 Å². The zero-order valence-electron chi connectivity index (χ0n) is 14.0. The Bertz CT molecular complexity index is 469. The number of rotatable bonds is 9. The molecule has 1 atom stereocenters. The molecule has 0 spiro atoms. The molecule has 0 radical (unpaired) electrons. The monoisotopic (exact) mass is 308 g/mol. The summed E-state index contributed by atoms with van der Waals surface area (Å²) in [4.78, 5) is 12.1. The summed E-state index contributed by atoms with van der Waals surface area (Å²) in [7, 11) is 1.61. The van der Waals surface area contributed by atoms with Crippen LogP contribution < -0.4 is 10.6 Å². The lowest BCUT2D eigenvalue weighted by Crippen LogP contribution is -2.49. The van der Waals surface area contributed by atoms with E-state index < -0.39 is 5.54 Å². The Morgan fingerprint density at radius 1 is 1.41 bits per heavy atom. The molecule has 0 aromatic heterocycles. The van der Waals surface area contributed by atoms with Crippen molar-refractivity contribution in [2.24, 2.45) is 0 Å². The number of ether oxygens (including phenoxy) is 1. The molecule has 0 aliphatic heterocycles. The van der Waals surface area contributed by atoms with Gasteiger partial charge in [0.05, 0.1) is 13.2 Å². The molecule has 5 heteroatoms. The number of benzene rings is 1. The Hall–Kier alpha value is -1.43. The molecule has 3 N–H and O–H groups in total. The van der Waals surface area contributed by atoms with Gasteiger partial charge in [-0.2, -0.15) is 0 Å². The Balaban J connectivity index is 2.57. The summed E-state index contributed by atoms with van der Waals surface area (Å²) in [6.07, 6.45) is 0.525. The van der Waals surface area contributed by atoms with Gasteiger partial charge < -0.3 is 20.5 Å². The lowest BCUT2D eigenvalue weighted by atomic mass is 9.99. The standard InChI is InChI=1S/C17H28N2O3/c1-13(2)14-6-5-7-15(10-14)19-16(21)11-18-17(3,8-9-20)12-22-4/h5-7,10,13,18,20H,8-9,11-12H2,1-4H3,(H,19,21). The summed E-state index contributed by atoms with van der Waals surface area (Å²) in [5, 5.41) is 15.2. The van der Waals surface area contributed by atoms with E-state index in [-0.39, 0.29) is 19.1 Å². The second-order valence-corrected chi connectivity index (χ2v) is 6.15. The summed E-state index contributed by atoms with van der Waals surface area (Å²) >= 11 is 0. The fourth-order valence-electron chi connectivity index (χ4n) is 2.25. The van der Waals surface area contributed by atoms with Gasteiger partial charge >= 0.3 is 0 Å². The molecule has 1 amide bonds. The highest BCUT2D eigenvalue weighted by atomic mass is 16.5. The van der Waals surface area contributed by atoms with Gasteiger partial charge in [-0.1, -0.05) is 26.0 Å². The maximum atomic E-state index is 12.1. The van der Waals surface area contributed by atoms with Gasteiger partial charge in [-0.15, -0.1) is 0 Å². The number of methoxy groups -OCH3 is 1. The molecule has 1 rings (SSSR count). The van der Waals surface area contributed by atoms with Crippen molar-refractivity contribution in [1.82, 2.24) is 5.32 Å². The lowest BCUT2D eigenvalue weighted by Gasteiger charge is -2.29. The maximum Gasteiger partial charge on any atom is 0.238 e. The molecule has 5 nitrogen and oxygen atoms in total. The van der Waals surface area contributed by atoms with Crippen LogP contribution in [0.3, 0.4) is 0 Å². The summed E-state index contributed by atoms with van der Waals surface area (Å²) in [5.74, 6) is 0.311. The highest BCUT2D eigenvalue weighted by Gasteiger charge is 2.23. The first kappa shape index (κ1) is 18.6. The third-order valence-electron chi connectivity index (χ3n) is 3.64. The van der Waals surface area contributed by atoms with Crippen molar-refractivity contribution in [1.29, 1.82) is 0 Å². The molecular formula is C17H28N2O3.